The van der Waals surface area contributed by atoms with Gasteiger partial charge in [-0.3, -0.25) is 0 Å². The van der Waals surface area contributed by atoms with Crippen molar-refractivity contribution in [3.05, 3.63) is 47.7 Å². The van der Waals surface area contributed by atoms with Crippen LogP contribution in [0.15, 0.2) is 30.3 Å². The molecule has 0 spiro atoms. The molecule has 1 aromatic carbocycles. The van der Waals surface area contributed by atoms with Crippen LogP contribution in [0, 0.1) is 12.8 Å². The lowest BCUT2D eigenvalue weighted by Crippen LogP contribution is -2.02. The zero-order valence-corrected chi connectivity index (χ0v) is 12.8. The van der Waals surface area contributed by atoms with Crippen molar-refractivity contribution in [1.29, 1.82) is 0 Å². The molecular weight excluding hydrogens is 274 g/mol. The molecular formula is C17H19N5. The van der Waals surface area contributed by atoms with E-state index in [-0.39, 0.29) is 0 Å². The molecule has 2 atom stereocenters. The summed E-state index contributed by atoms with van der Waals surface area (Å²) in [5, 5.41) is 0. The van der Waals surface area contributed by atoms with Crippen LogP contribution >= 0.6 is 0 Å². The number of aryl methyl sites for hydroxylation is 2. The van der Waals surface area contributed by atoms with Crippen LogP contribution in [0.3, 0.4) is 0 Å². The molecule has 0 amide bonds. The predicted octanol–water partition coefficient (Wildman–Crippen LogP) is 2.60. The van der Waals surface area contributed by atoms with E-state index in [9.17, 15) is 0 Å². The topological polar surface area (TPSA) is 69.6 Å². The number of anilines is 1. The Labute approximate surface area is 129 Å². The van der Waals surface area contributed by atoms with Crippen LogP contribution in [0.2, 0.25) is 0 Å². The maximum Gasteiger partial charge on any atom is 0.127 e. The van der Waals surface area contributed by atoms with Crippen LogP contribution < -0.4 is 5.73 Å². The number of nitrogen functional groups attached to an aromatic ring is 1. The molecule has 5 heteroatoms. The summed E-state index contributed by atoms with van der Waals surface area (Å²) in [6.07, 6.45) is 2.11. The Morgan fingerprint density at radius 2 is 2.05 bits per heavy atom. The Morgan fingerprint density at radius 3 is 2.82 bits per heavy atom. The number of aromatic nitrogens is 4. The van der Waals surface area contributed by atoms with Gasteiger partial charge in [-0.05, 0) is 37.8 Å². The van der Waals surface area contributed by atoms with Crippen LogP contribution in [0.1, 0.15) is 29.7 Å². The largest absolute Gasteiger partial charge is 0.384 e. The molecule has 0 aliphatic heterocycles. The Hall–Kier alpha value is -2.43. The molecule has 1 aliphatic rings. The van der Waals surface area contributed by atoms with Gasteiger partial charge in [0.05, 0.1) is 11.0 Å². The lowest BCUT2D eigenvalue weighted by molar-refractivity contribution is 0.720. The third kappa shape index (κ3) is 2.22. The number of fused-ring (bicyclic) bond motifs is 1. The van der Waals surface area contributed by atoms with E-state index in [0.717, 1.165) is 23.5 Å². The number of hydrogen-bond acceptors (Lipinski definition) is 4. The summed E-state index contributed by atoms with van der Waals surface area (Å²) in [5.74, 6) is 3.61. The normalized spacial score (nSPS) is 20.5. The highest BCUT2D eigenvalue weighted by atomic mass is 15.1. The zero-order valence-electron chi connectivity index (χ0n) is 12.8. The number of rotatable bonds is 3. The molecule has 2 heterocycles. The maximum atomic E-state index is 5.81. The highest BCUT2D eigenvalue weighted by Gasteiger charge is 2.41. The van der Waals surface area contributed by atoms with Gasteiger partial charge >= 0.3 is 0 Å². The molecule has 1 aliphatic carbocycles. The van der Waals surface area contributed by atoms with Gasteiger partial charge < -0.3 is 10.3 Å². The fourth-order valence-electron chi connectivity index (χ4n) is 3.31. The van der Waals surface area contributed by atoms with E-state index in [1.807, 2.05) is 19.1 Å². The summed E-state index contributed by atoms with van der Waals surface area (Å²) in [6.45, 7) is 1.88. The van der Waals surface area contributed by atoms with Gasteiger partial charge in [-0.15, -0.1) is 0 Å². The Kier molecular flexibility index (Phi) is 2.89. The Bertz CT molecular complexity index is 831. The van der Waals surface area contributed by atoms with Crippen LogP contribution in [0.25, 0.3) is 11.0 Å². The van der Waals surface area contributed by atoms with Crippen molar-refractivity contribution in [3.63, 3.8) is 0 Å². The third-order valence-electron chi connectivity index (χ3n) is 4.46. The van der Waals surface area contributed by atoms with E-state index in [4.69, 9.17) is 10.7 Å². The molecule has 5 nitrogen and oxygen atoms in total. The molecule has 2 aromatic heterocycles. The van der Waals surface area contributed by atoms with E-state index < -0.39 is 0 Å². The molecule has 0 bridgehead atoms. The second-order valence-corrected chi connectivity index (χ2v) is 6.16. The van der Waals surface area contributed by atoms with Gasteiger partial charge in [0.15, 0.2) is 0 Å². The highest BCUT2D eigenvalue weighted by molar-refractivity contribution is 5.76. The predicted molar refractivity (Wildman–Crippen MR) is 86.4 cm³/mol. The van der Waals surface area contributed by atoms with Gasteiger partial charge in [0.1, 0.15) is 17.5 Å². The van der Waals surface area contributed by atoms with E-state index in [1.165, 1.54) is 17.8 Å². The summed E-state index contributed by atoms with van der Waals surface area (Å²) in [6, 6.07) is 10.2. The quantitative estimate of drug-likeness (QED) is 0.806. The van der Waals surface area contributed by atoms with Crippen LogP contribution in [-0.4, -0.2) is 19.5 Å². The highest BCUT2D eigenvalue weighted by Crippen LogP contribution is 2.49. The molecule has 1 unspecified atom stereocenters. The SMILES string of the molecule is Cc1nc(N)cc(CC2C[C@H]2c2nc3ccccc3n2C)n1. The number of nitrogens with zero attached hydrogens (tertiary/aromatic N) is 4. The molecule has 3 aromatic rings. The number of benzene rings is 1. The smallest absolute Gasteiger partial charge is 0.127 e. The number of hydrogen-bond donors (Lipinski definition) is 1. The van der Waals surface area contributed by atoms with Crippen molar-refractivity contribution >= 4 is 16.9 Å². The fourth-order valence-corrected chi connectivity index (χ4v) is 3.31. The van der Waals surface area contributed by atoms with E-state index in [0.29, 0.717) is 17.7 Å². The second kappa shape index (κ2) is 4.80. The molecule has 1 saturated carbocycles. The average molecular weight is 293 g/mol. The Morgan fingerprint density at radius 1 is 1.23 bits per heavy atom. The first kappa shape index (κ1) is 13.2. The number of nitrogens with two attached hydrogens (primary N) is 1. The summed E-state index contributed by atoms with van der Waals surface area (Å²) in [4.78, 5) is 13.4. The van der Waals surface area contributed by atoms with Crippen molar-refractivity contribution in [2.24, 2.45) is 13.0 Å². The summed E-state index contributed by atoms with van der Waals surface area (Å²) < 4.78 is 2.22. The van der Waals surface area contributed by atoms with Crippen molar-refractivity contribution in [3.8, 4) is 0 Å². The fraction of sp³-hybridized carbons (Fsp3) is 0.353. The van der Waals surface area contributed by atoms with Crippen LogP contribution in [0.5, 0.6) is 0 Å². The first-order valence-corrected chi connectivity index (χ1v) is 7.63. The molecule has 22 heavy (non-hydrogen) atoms. The molecule has 1 fully saturated rings. The lowest BCUT2D eigenvalue weighted by atomic mass is 10.1. The second-order valence-electron chi connectivity index (χ2n) is 6.16. The lowest BCUT2D eigenvalue weighted by Gasteiger charge is -2.04. The minimum absolute atomic E-state index is 0.522. The monoisotopic (exact) mass is 293 g/mol. The van der Waals surface area contributed by atoms with Gasteiger partial charge in [0, 0.05) is 24.7 Å². The van der Waals surface area contributed by atoms with E-state index in [2.05, 4.69) is 39.8 Å². The van der Waals surface area contributed by atoms with E-state index >= 15 is 0 Å². The molecule has 112 valence electrons. The summed E-state index contributed by atoms with van der Waals surface area (Å²) in [5.41, 5.74) is 9.12. The Balaban J connectivity index is 1.57. The van der Waals surface area contributed by atoms with Gasteiger partial charge in [-0.25, -0.2) is 15.0 Å². The summed E-state index contributed by atoms with van der Waals surface area (Å²) in [7, 11) is 2.10. The van der Waals surface area contributed by atoms with Crippen molar-refractivity contribution in [1.82, 2.24) is 19.5 Å². The average Bonchev–Trinajstić information content (AvgIpc) is 3.14. The maximum absolute atomic E-state index is 5.81. The van der Waals surface area contributed by atoms with Gasteiger partial charge in [-0.2, -0.15) is 0 Å². The van der Waals surface area contributed by atoms with Crippen molar-refractivity contribution in [2.45, 2.75) is 25.7 Å². The van der Waals surface area contributed by atoms with Gasteiger partial charge in [-0.1, -0.05) is 12.1 Å². The molecule has 2 N–H and O–H groups in total. The number of imidazole rings is 1. The van der Waals surface area contributed by atoms with Crippen LogP contribution in [0.4, 0.5) is 5.82 Å². The number of para-hydroxylation sites is 2. The molecule has 4 rings (SSSR count). The van der Waals surface area contributed by atoms with Crippen LogP contribution in [-0.2, 0) is 13.5 Å². The molecule has 0 radical (unpaired) electrons. The van der Waals surface area contributed by atoms with Gasteiger partial charge in [0.25, 0.3) is 0 Å². The first-order chi connectivity index (χ1) is 10.6. The van der Waals surface area contributed by atoms with Crippen molar-refractivity contribution < 1.29 is 0 Å². The minimum atomic E-state index is 0.522. The first-order valence-electron chi connectivity index (χ1n) is 7.63. The summed E-state index contributed by atoms with van der Waals surface area (Å²) >= 11 is 0. The standard InChI is InChI=1S/C17H19N5/c1-10-19-12(9-16(18)20-10)7-11-8-13(11)17-21-14-5-3-4-6-15(14)22(17)2/h3-6,9,11,13H,7-8H2,1-2H3,(H2,18,19,20)/t11?,13-/m1/s1. The van der Waals surface area contributed by atoms with Gasteiger partial charge in [0.2, 0.25) is 0 Å². The van der Waals surface area contributed by atoms with Crippen molar-refractivity contribution in [2.75, 3.05) is 5.73 Å². The third-order valence-corrected chi connectivity index (χ3v) is 4.46. The van der Waals surface area contributed by atoms with E-state index in [1.54, 1.807) is 0 Å². The molecule has 0 saturated heterocycles. The minimum Gasteiger partial charge on any atom is -0.384 e. The zero-order chi connectivity index (χ0) is 15.3.